The monoisotopic (exact) mass is 380 g/mol. The molecule has 0 saturated carbocycles. The molecule has 2 aromatic carbocycles. The summed E-state index contributed by atoms with van der Waals surface area (Å²) in [7, 11) is -3.88. The molecule has 0 aliphatic heterocycles. The van der Waals surface area contributed by atoms with Crippen LogP contribution in [-0.4, -0.2) is 15.0 Å². The summed E-state index contributed by atoms with van der Waals surface area (Å²) in [5.41, 5.74) is 0.478. The summed E-state index contributed by atoms with van der Waals surface area (Å²) < 4.78 is 33.6. The SMILES string of the molecule is CCOc1ccc(Br)cc1S(=O)(=O)Nc1ccccc1C#N. The first kappa shape index (κ1) is 16.3. The van der Waals surface area contributed by atoms with E-state index < -0.39 is 10.0 Å². The molecule has 1 N–H and O–H groups in total. The molecule has 0 fully saturated rings. The van der Waals surface area contributed by atoms with Crippen molar-refractivity contribution in [3.63, 3.8) is 0 Å². The number of sulfonamides is 1. The highest BCUT2D eigenvalue weighted by molar-refractivity contribution is 9.10. The van der Waals surface area contributed by atoms with Crippen LogP contribution >= 0.6 is 15.9 Å². The van der Waals surface area contributed by atoms with Gasteiger partial charge in [-0.3, -0.25) is 4.72 Å². The van der Waals surface area contributed by atoms with E-state index in [0.717, 1.165) is 0 Å². The fourth-order valence-electron chi connectivity index (χ4n) is 1.84. The lowest BCUT2D eigenvalue weighted by atomic mass is 10.2. The van der Waals surface area contributed by atoms with E-state index in [0.29, 0.717) is 11.1 Å². The summed E-state index contributed by atoms with van der Waals surface area (Å²) in [4.78, 5) is 0.0106. The number of halogens is 1. The number of nitrogens with zero attached hydrogens (tertiary/aromatic N) is 1. The number of ether oxygens (including phenoxy) is 1. The maximum absolute atomic E-state index is 12.6. The lowest BCUT2D eigenvalue weighted by Gasteiger charge is -2.13. The van der Waals surface area contributed by atoms with Gasteiger partial charge in [0.1, 0.15) is 16.7 Å². The first-order valence-electron chi connectivity index (χ1n) is 6.42. The Morgan fingerprint density at radius 3 is 2.68 bits per heavy atom. The van der Waals surface area contributed by atoms with Gasteiger partial charge in [-0.25, -0.2) is 8.42 Å². The number of hydrogen-bond donors (Lipinski definition) is 1. The van der Waals surface area contributed by atoms with Gasteiger partial charge in [0.2, 0.25) is 0 Å². The summed E-state index contributed by atoms with van der Waals surface area (Å²) in [5.74, 6) is 0.257. The zero-order valence-electron chi connectivity index (χ0n) is 11.7. The minimum Gasteiger partial charge on any atom is -0.492 e. The molecule has 0 spiro atoms. The third-order valence-corrected chi connectivity index (χ3v) is 4.67. The van der Waals surface area contributed by atoms with Crippen molar-refractivity contribution < 1.29 is 13.2 Å². The van der Waals surface area contributed by atoms with E-state index >= 15 is 0 Å². The van der Waals surface area contributed by atoms with Crippen LogP contribution in [0.25, 0.3) is 0 Å². The molecule has 0 bridgehead atoms. The zero-order valence-corrected chi connectivity index (χ0v) is 14.1. The van der Waals surface area contributed by atoms with E-state index in [1.807, 2.05) is 6.07 Å². The molecule has 0 saturated heterocycles. The Morgan fingerprint density at radius 2 is 2.00 bits per heavy atom. The van der Waals surface area contributed by atoms with Gasteiger partial charge in [-0.2, -0.15) is 5.26 Å². The van der Waals surface area contributed by atoms with Crippen LogP contribution in [0.3, 0.4) is 0 Å². The number of nitriles is 1. The van der Waals surface area contributed by atoms with Gasteiger partial charge >= 0.3 is 0 Å². The van der Waals surface area contributed by atoms with Gasteiger partial charge in [-0.05, 0) is 37.3 Å². The maximum Gasteiger partial charge on any atom is 0.265 e. The second-order valence-corrected chi connectivity index (χ2v) is 6.85. The highest BCUT2D eigenvalue weighted by Crippen LogP contribution is 2.29. The lowest BCUT2D eigenvalue weighted by Crippen LogP contribution is -2.15. The smallest absolute Gasteiger partial charge is 0.265 e. The predicted molar refractivity (Wildman–Crippen MR) is 87.3 cm³/mol. The van der Waals surface area contributed by atoms with Crippen molar-refractivity contribution in [3.05, 3.63) is 52.5 Å². The molecular weight excluding hydrogens is 368 g/mol. The molecule has 0 aromatic heterocycles. The molecule has 22 heavy (non-hydrogen) atoms. The average Bonchev–Trinajstić information content (AvgIpc) is 2.49. The van der Waals surface area contributed by atoms with Crippen LogP contribution < -0.4 is 9.46 Å². The maximum atomic E-state index is 12.6. The van der Waals surface area contributed by atoms with Crippen molar-refractivity contribution in [1.29, 1.82) is 5.26 Å². The highest BCUT2D eigenvalue weighted by Gasteiger charge is 2.21. The Kier molecular flexibility index (Phi) is 5.06. The predicted octanol–water partition coefficient (Wildman–Crippen LogP) is 3.52. The minimum atomic E-state index is -3.88. The van der Waals surface area contributed by atoms with Crippen molar-refractivity contribution in [3.8, 4) is 11.8 Å². The second kappa shape index (κ2) is 6.81. The van der Waals surface area contributed by atoms with Gasteiger partial charge in [0.15, 0.2) is 0 Å². The zero-order chi connectivity index (χ0) is 16.2. The summed E-state index contributed by atoms with van der Waals surface area (Å²) in [5, 5.41) is 9.05. The Morgan fingerprint density at radius 1 is 1.27 bits per heavy atom. The number of para-hydroxylation sites is 1. The fourth-order valence-corrected chi connectivity index (χ4v) is 3.60. The largest absolute Gasteiger partial charge is 0.492 e. The van der Waals surface area contributed by atoms with Crippen LogP contribution in [0.5, 0.6) is 5.75 Å². The Bertz CT molecular complexity index is 829. The number of benzene rings is 2. The molecule has 0 aliphatic carbocycles. The number of nitrogens with one attached hydrogen (secondary N) is 1. The molecular formula is C15H13BrN2O3S. The van der Waals surface area contributed by atoms with E-state index in [2.05, 4.69) is 20.7 Å². The van der Waals surface area contributed by atoms with Crippen LogP contribution in [0, 0.1) is 11.3 Å². The molecule has 0 atom stereocenters. The van der Waals surface area contributed by atoms with E-state index in [4.69, 9.17) is 10.00 Å². The van der Waals surface area contributed by atoms with Crippen LogP contribution in [0.1, 0.15) is 12.5 Å². The first-order valence-corrected chi connectivity index (χ1v) is 8.70. The molecule has 2 aromatic rings. The molecule has 0 amide bonds. The van der Waals surface area contributed by atoms with Crippen molar-refractivity contribution >= 4 is 31.6 Å². The van der Waals surface area contributed by atoms with Gasteiger partial charge in [-0.1, -0.05) is 28.1 Å². The molecule has 7 heteroatoms. The normalized spacial score (nSPS) is 10.8. The third-order valence-electron chi connectivity index (χ3n) is 2.79. The highest BCUT2D eigenvalue weighted by atomic mass is 79.9. The van der Waals surface area contributed by atoms with Crippen LogP contribution in [0.2, 0.25) is 0 Å². The summed E-state index contributed by atoms with van der Waals surface area (Å²) >= 11 is 3.25. The molecule has 114 valence electrons. The molecule has 0 unspecified atom stereocenters. The van der Waals surface area contributed by atoms with E-state index in [1.54, 1.807) is 37.3 Å². The summed E-state index contributed by atoms with van der Waals surface area (Å²) in [6.07, 6.45) is 0. The van der Waals surface area contributed by atoms with Gasteiger partial charge in [0.05, 0.1) is 17.9 Å². The Hall–Kier alpha value is -2.04. The number of rotatable bonds is 5. The molecule has 0 aliphatic rings. The van der Waals surface area contributed by atoms with Gasteiger partial charge < -0.3 is 4.74 Å². The van der Waals surface area contributed by atoms with Gasteiger partial charge in [-0.15, -0.1) is 0 Å². The summed E-state index contributed by atoms with van der Waals surface area (Å²) in [6.45, 7) is 2.12. The van der Waals surface area contributed by atoms with E-state index in [1.165, 1.54) is 12.1 Å². The Balaban J connectivity index is 2.47. The Labute approximate surface area is 137 Å². The molecule has 0 radical (unpaired) electrons. The fraction of sp³-hybridized carbons (Fsp3) is 0.133. The minimum absolute atomic E-state index is 0.0106. The van der Waals surface area contributed by atoms with Crippen molar-refractivity contribution in [2.75, 3.05) is 11.3 Å². The summed E-state index contributed by atoms with van der Waals surface area (Å²) in [6, 6.07) is 13.1. The van der Waals surface area contributed by atoms with Gasteiger partial charge in [0, 0.05) is 4.47 Å². The van der Waals surface area contributed by atoms with Gasteiger partial charge in [0.25, 0.3) is 10.0 Å². The number of hydrogen-bond acceptors (Lipinski definition) is 4. The molecule has 5 nitrogen and oxygen atoms in total. The standard InChI is InChI=1S/C15H13BrN2O3S/c1-2-21-14-8-7-12(16)9-15(14)22(19,20)18-13-6-4-3-5-11(13)10-17/h3-9,18H,2H2,1H3. The number of anilines is 1. The third kappa shape index (κ3) is 3.59. The average molecular weight is 381 g/mol. The lowest BCUT2D eigenvalue weighted by molar-refractivity contribution is 0.331. The van der Waals surface area contributed by atoms with E-state index in [9.17, 15) is 8.42 Å². The van der Waals surface area contributed by atoms with Crippen LogP contribution in [0.4, 0.5) is 5.69 Å². The second-order valence-electron chi connectivity index (χ2n) is 4.29. The van der Waals surface area contributed by atoms with Crippen molar-refractivity contribution in [2.45, 2.75) is 11.8 Å². The quantitative estimate of drug-likeness (QED) is 0.860. The van der Waals surface area contributed by atoms with Crippen molar-refractivity contribution in [2.24, 2.45) is 0 Å². The first-order chi connectivity index (χ1) is 10.5. The van der Waals surface area contributed by atoms with Crippen molar-refractivity contribution in [1.82, 2.24) is 0 Å². The molecule has 2 rings (SSSR count). The molecule has 0 heterocycles. The van der Waals surface area contributed by atoms with Crippen LogP contribution in [0.15, 0.2) is 51.8 Å². The van der Waals surface area contributed by atoms with Crippen LogP contribution in [-0.2, 0) is 10.0 Å². The topological polar surface area (TPSA) is 79.2 Å². The van der Waals surface area contributed by atoms with E-state index in [-0.39, 0.29) is 21.9 Å².